The topological polar surface area (TPSA) is 76.0 Å². The second kappa shape index (κ2) is 6.33. The van der Waals surface area contributed by atoms with Gasteiger partial charge in [-0.05, 0) is 17.7 Å². The third-order valence-corrected chi connectivity index (χ3v) is 3.11. The number of amides is 2. The van der Waals surface area contributed by atoms with Gasteiger partial charge in [0.15, 0.2) is 0 Å². The molecule has 1 aromatic carbocycles. The second-order valence-electron chi connectivity index (χ2n) is 4.04. The summed E-state index contributed by atoms with van der Waals surface area (Å²) in [7, 11) is 1.40. The van der Waals surface area contributed by atoms with Crippen molar-refractivity contribution in [2.24, 2.45) is 0 Å². The molecule has 0 atom stereocenters. The van der Waals surface area contributed by atoms with Crippen LogP contribution in [0.4, 0.5) is 5.82 Å². The number of carbonyl (C=O) groups excluding carboxylic acids is 2. The van der Waals surface area contributed by atoms with Gasteiger partial charge in [0.1, 0.15) is 5.82 Å². The highest BCUT2D eigenvalue weighted by atomic mass is 79.9. The van der Waals surface area contributed by atoms with Crippen molar-refractivity contribution >= 4 is 33.6 Å². The van der Waals surface area contributed by atoms with Crippen molar-refractivity contribution in [1.29, 1.82) is 0 Å². The van der Waals surface area contributed by atoms with Crippen LogP contribution in [0.2, 0.25) is 0 Å². The van der Waals surface area contributed by atoms with E-state index in [4.69, 9.17) is 0 Å². The first-order valence-corrected chi connectivity index (χ1v) is 6.69. The SMILES string of the molecule is CNC(=O)C(=O)Nc1ccnn1Cc1cccc(Br)c1. The Balaban J connectivity index is 2.13. The fourth-order valence-corrected chi connectivity index (χ4v) is 2.11. The number of likely N-dealkylation sites (N-methyl/N-ethyl adjacent to an activating group) is 1. The van der Waals surface area contributed by atoms with E-state index in [-0.39, 0.29) is 0 Å². The number of nitrogens with one attached hydrogen (secondary N) is 2. The van der Waals surface area contributed by atoms with Gasteiger partial charge >= 0.3 is 11.8 Å². The molecule has 2 N–H and O–H groups in total. The van der Waals surface area contributed by atoms with E-state index in [0.717, 1.165) is 10.0 Å². The Kier molecular flexibility index (Phi) is 4.52. The van der Waals surface area contributed by atoms with Crippen molar-refractivity contribution in [2.75, 3.05) is 12.4 Å². The van der Waals surface area contributed by atoms with E-state index in [2.05, 4.69) is 31.7 Å². The second-order valence-corrected chi connectivity index (χ2v) is 4.95. The Morgan fingerprint density at radius 1 is 1.30 bits per heavy atom. The Bertz CT molecular complexity index is 639. The van der Waals surface area contributed by atoms with Gasteiger partial charge in [0, 0.05) is 17.6 Å². The molecule has 0 aliphatic heterocycles. The molecule has 7 heteroatoms. The van der Waals surface area contributed by atoms with Gasteiger partial charge in [-0.1, -0.05) is 28.1 Å². The Morgan fingerprint density at radius 2 is 2.10 bits per heavy atom. The smallest absolute Gasteiger partial charge is 0.314 e. The quantitative estimate of drug-likeness (QED) is 0.831. The fourth-order valence-electron chi connectivity index (χ4n) is 1.66. The average Bonchev–Trinajstić information content (AvgIpc) is 2.85. The fraction of sp³-hybridized carbons (Fsp3) is 0.154. The summed E-state index contributed by atoms with van der Waals surface area (Å²) in [6.45, 7) is 0.496. The largest absolute Gasteiger partial charge is 0.351 e. The Labute approximate surface area is 124 Å². The number of hydrogen-bond acceptors (Lipinski definition) is 3. The monoisotopic (exact) mass is 336 g/mol. The number of rotatable bonds is 3. The molecule has 0 saturated heterocycles. The molecule has 0 unspecified atom stereocenters. The molecule has 0 spiro atoms. The molecule has 2 amide bonds. The van der Waals surface area contributed by atoms with E-state index < -0.39 is 11.8 Å². The summed E-state index contributed by atoms with van der Waals surface area (Å²) in [5.41, 5.74) is 1.03. The first-order valence-electron chi connectivity index (χ1n) is 5.89. The van der Waals surface area contributed by atoms with Crippen LogP contribution in [-0.4, -0.2) is 28.6 Å². The van der Waals surface area contributed by atoms with E-state index in [1.54, 1.807) is 16.9 Å². The van der Waals surface area contributed by atoms with Crippen molar-refractivity contribution < 1.29 is 9.59 Å². The van der Waals surface area contributed by atoms with Crippen LogP contribution in [0.5, 0.6) is 0 Å². The molecule has 0 fully saturated rings. The van der Waals surface area contributed by atoms with Gasteiger partial charge in [-0.3, -0.25) is 9.59 Å². The predicted octanol–water partition coefficient (Wildman–Crippen LogP) is 1.38. The summed E-state index contributed by atoms with van der Waals surface area (Å²) in [5, 5.41) is 8.92. The first-order chi connectivity index (χ1) is 9.60. The highest BCUT2D eigenvalue weighted by Crippen LogP contribution is 2.14. The summed E-state index contributed by atoms with van der Waals surface area (Å²) >= 11 is 3.40. The summed E-state index contributed by atoms with van der Waals surface area (Å²) in [6.07, 6.45) is 1.57. The highest BCUT2D eigenvalue weighted by molar-refractivity contribution is 9.10. The minimum Gasteiger partial charge on any atom is -0.351 e. The number of hydrogen-bond donors (Lipinski definition) is 2. The van der Waals surface area contributed by atoms with Crippen molar-refractivity contribution in [3.8, 4) is 0 Å². The molecule has 0 bridgehead atoms. The van der Waals surface area contributed by atoms with Gasteiger partial charge in [-0.2, -0.15) is 5.10 Å². The lowest BCUT2D eigenvalue weighted by Gasteiger charge is -2.08. The predicted molar refractivity (Wildman–Crippen MR) is 78.2 cm³/mol. The number of aromatic nitrogens is 2. The van der Waals surface area contributed by atoms with Crippen LogP contribution in [0.1, 0.15) is 5.56 Å². The summed E-state index contributed by atoms with van der Waals surface area (Å²) in [5.74, 6) is -0.942. The van der Waals surface area contributed by atoms with Gasteiger partial charge < -0.3 is 10.6 Å². The number of carbonyl (C=O) groups is 2. The number of benzene rings is 1. The number of halogens is 1. The minimum atomic E-state index is -0.719. The summed E-state index contributed by atoms with van der Waals surface area (Å²) in [4.78, 5) is 22.7. The molecule has 104 valence electrons. The van der Waals surface area contributed by atoms with Gasteiger partial charge in [-0.15, -0.1) is 0 Å². The molecule has 0 aliphatic rings. The van der Waals surface area contributed by atoms with E-state index >= 15 is 0 Å². The standard InChI is InChI=1S/C13H13BrN4O2/c1-15-12(19)13(20)17-11-5-6-16-18(11)8-9-3-2-4-10(14)7-9/h2-7H,8H2,1H3,(H,15,19)(H,17,20). The maximum atomic E-state index is 11.5. The molecular formula is C13H13BrN4O2. The van der Waals surface area contributed by atoms with Gasteiger partial charge in [0.25, 0.3) is 0 Å². The maximum absolute atomic E-state index is 11.5. The van der Waals surface area contributed by atoms with E-state index in [1.807, 2.05) is 24.3 Å². The molecule has 1 aromatic heterocycles. The van der Waals surface area contributed by atoms with Crippen molar-refractivity contribution in [1.82, 2.24) is 15.1 Å². The van der Waals surface area contributed by atoms with E-state index in [9.17, 15) is 9.59 Å². The average molecular weight is 337 g/mol. The van der Waals surface area contributed by atoms with E-state index in [1.165, 1.54) is 7.05 Å². The van der Waals surface area contributed by atoms with Crippen LogP contribution in [-0.2, 0) is 16.1 Å². The molecule has 0 radical (unpaired) electrons. The van der Waals surface area contributed by atoms with Crippen LogP contribution in [0.3, 0.4) is 0 Å². The molecule has 20 heavy (non-hydrogen) atoms. The summed E-state index contributed by atoms with van der Waals surface area (Å²) in [6, 6.07) is 9.41. The lowest BCUT2D eigenvalue weighted by Crippen LogP contribution is -2.33. The van der Waals surface area contributed by atoms with Crippen LogP contribution in [0, 0.1) is 0 Å². The van der Waals surface area contributed by atoms with Crippen LogP contribution in [0.25, 0.3) is 0 Å². The van der Waals surface area contributed by atoms with Crippen LogP contribution >= 0.6 is 15.9 Å². The highest BCUT2D eigenvalue weighted by Gasteiger charge is 2.14. The lowest BCUT2D eigenvalue weighted by molar-refractivity contribution is -0.135. The molecule has 0 aliphatic carbocycles. The zero-order chi connectivity index (χ0) is 14.5. The molecule has 1 heterocycles. The third-order valence-electron chi connectivity index (χ3n) is 2.61. The third kappa shape index (κ3) is 3.45. The Morgan fingerprint density at radius 3 is 2.80 bits per heavy atom. The normalized spacial score (nSPS) is 10.1. The zero-order valence-electron chi connectivity index (χ0n) is 10.8. The Hall–Kier alpha value is -2.15. The van der Waals surface area contributed by atoms with Crippen LogP contribution < -0.4 is 10.6 Å². The molecule has 2 rings (SSSR count). The summed E-state index contributed by atoms with van der Waals surface area (Å²) < 4.78 is 2.58. The minimum absolute atomic E-state index is 0.471. The molecule has 0 saturated carbocycles. The maximum Gasteiger partial charge on any atom is 0.314 e. The molecule has 6 nitrogen and oxygen atoms in total. The van der Waals surface area contributed by atoms with E-state index in [0.29, 0.717) is 12.4 Å². The first kappa shape index (κ1) is 14.3. The van der Waals surface area contributed by atoms with Crippen molar-refractivity contribution in [2.45, 2.75) is 6.54 Å². The number of nitrogens with zero attached hydrogens (tertiary/aromatic N) is 2. The van der Waals surface area contributed by atoms with Crippen molar-refractivity contribution in [3.63, 3.8) is 0 Å². The number of anilines is 1. The lowest BCUT2D eigenvalue weighted by atomic mass is 10.2. The van der Waals surface area contributed by atoms with Gasteiger partial charge in [0.05, 0.1) is 12.7 Å². The van der Waals surface area contributed by atoms with Gasteiger partial charge in [0.2, 0.25) is 0 Å². The molecule has 2 aromatic rings. The van der Waals surface area contributed by atoms with Gasteiger partial charge in [-0.25, -0.2) is 4.68 Å². The molecular weight excluding hydrogens is 324 g/mol. The van der Waals surface area contributed by atoms with Crippen molar-refractivity contribution in [3.05, 3.63) is 46.6 Å². The zero-order valence-corrected chi connectivity index (χ0v) is 12.3. The van der Waals surface area contributed by atoms with Crippen LogP contribution in [0.15, 0.2) is 41.0 Å².